The molecule has 1 unspecified atom stereocenters. The second kappa shape index (κ2) is 6.91. The van der Waals surface area contributed by atoms with E-state index in [9.17, 15) is 4.39 Å². The highest BCUT2D eigenvalue weighted by Gasteiger charge is 2.08. The summed E-state index contributed by atoms with van der Waals surface area (Å²) in [7, 11) is 0. The largest absolute Gasteiger partial charge is 0.327 e. The molecule has 0 spiro atoms. The van der Waals surface area contributed by atoms with E-state index in [1.165, 1.54) is 16.5 Å². The number of thioether (sulfide) groups is 1. The maximum atomic E-state index is 13.1. The van der Waals surface area contributed by atoms with Gasteiger partial charge in [-0.3, -0.25) is 0 Å². The summed E-state index contributed by atoms with van der Waals surface area (Å²) in [5.41, 5.74) is 9.54. The van der Waals surface area contributed by atoms with Crippen molar-refractivity contribution >= 4 is 11.8 Å². The lowest BCUT2D eigenvalue weighted by molar-refractivity contribution is 0.624. The molecule has 106 valence electrons. The van der Waals surface area contributed by atoms with Crippen LogP contribution in [0.2, 0.25) is 0 Å². The Labute approximate surface area is 124 Å². The first-order valence-electron chi connectivity index (χ1n) is 6.74. The van der Waals surface area contributed by atoms with Gasteiger partial charge >= 0.3 is 0 Å². The molecule has 0 aliphatic heterocycles. The van der Waals surface area contributed by atoms with Crippen LogP contribution in [0.5, 0.6) is 0 Å². The molecular formula is C17H20FNS. The Balaban J connectivity index is 1.89. The molecule has 2 aromatic carbocycles. The summed E-state index contributed by atoms with van der Waals surface area (Å²) in [6, 6.07) is 13.4. The average molecular weight is 289 g/mol. The van der Waals surface area contributed by atoms with Gasteiger partial charge in [-0.1, -0.05) is 23.8 Å². The Kier molecular flexibility index (Phi) is 5.21. The van der Waals surface area contributed by atoms with Gasteiger partial charge in [-0.15, -0.1) is 11.8 Å². The Morgan fingerprint density at radius 2 is 1.80 bits per heavy atom. The molecule has 0 saturated heterocycles. The third-order valence-corrected chi connectivity index (χ3v) is 4.47. The molecule has 2 rings (SSSR count). The average Bonchev–Trinajstić information content (AvgIpc) is 2.41. The molecule has 0 radical (unpaired) electrons. The molecule has 1 atom stereocenters. The van der Waals surface area contributed by atoms with Crippen molar-refractivity contribution < 1.29 is 4.39 Å². The van der Waals surface area contributed by atoms with Crippen LogP contribution in [0, 0.1) is 19.7 Å². The van der Waals surface area contributed by atoms with E-state index < -0.39 is 0 Å². The Hall–Kier alpha value is -1.32. The zero-order valence-corrected chi connectivity index (χ0v) is 12.7. The van der Waals surface area contributed by atoms with Crippen molar-refractivity contribution in [3.63, 3.8) is 0 Å². The molecule has 0 fully saturated rings. The minimum Gasteiger partial charge on any atom is -0.327 e. The van der Waals surface area contributed by atoms with Gasteiger partial charge in [-0.05, 0) is 55.7 Å². The van der Waals surface area contributed by atoms with Gasteiger partial charge in [0.15, 0.2) is 0 Å². The first-order valence-corrected chi connectivity index (χ1v) is 7.73. The van der Waals surface area contributed by atoms with E-state index in [0.29, 0.717) is 0 Å². The van der Waals surface area contributed by atoms with Gasteiger partial charge in [0.2, 0.25) is 0 Å². The minimum atomic E-state index is -0.186. The van der Waals surface area contributed by atoms with Crippen molar-refractivity contribution in [1.29, 1.82) is 0 Å². The van der Waals surface area contributed by atoms with Gasteiger partial charge in [0.05, 0.1) is 0 Å². The maximum absolute atomic E-state index is 13.1. The van der Waals surface area contributed by atoms with Gasteiger partial charge < -0.3 is 5.73 Å². The zero-order valence-electron chi connectivity index (χ0n) is 11.9. The number of benzene rings is 2. The summed E-state index contributed by atoms with van der Waals surface area (Å²) in [5, 5.41) is 0. The molecule has 0 heterocycles. The molecule has 0 amide bonds. The van der Waals surface area contributed by atoms with Crippen LogP contribution >= 0.6 is 11.8 Å². The van der Waals surface area contributed by atoms with Crippen LogP contribution in [0.25, 0.3) is 0 Å². The van der Waals surface area contributed by atoms with E-state index >= 15 is 0 Å². The first kappa shape index (κ1) is 15.1. The number of aryl methyl sites for hydroxylation is 2. The molecule has 2 aromatic rings. The summed E-state index contributed by atoms with van der Waals surface area (Å²) >= 11 is 1.77. The van der Waals surface area contributed by atoms with Crippen molar-refractivity contribution in [1.82, 2.24) is 0 Å². The van der Waals surface area contributed by atoms with E-state index in [1.54, 1.807) is 17.8 Å². The second-order valence-corrected chi connectivity index (χ2v) is 6.25. The molecule has 0 aromatic heterocycles. The third kappa shape index (κ3) is 4.36. The van der Waals surface area contributed by atoms with E-state index in [-0.39, 0.29) is 11.9 Å². The molecule has 1 nitrogen and oxygen atoms in total. The van der Waals surface area contributed by atoms with Crippen LogP contribution in [0.4, 0.5) is 4.39 Å². The van der Waals surface area contributed by atoms with Crippen molar-refractivity contribution in [3.05, 3.63) is 65.0 Å². The third-order valence-electron chi connectivity index (χ3n) is 3.27. The Morgan fingerprint density at radius 3 is 2.45 bits per heavy atom. The molecule has 0 bridgehead atoms. The second-order valence-electron chi connectivity index (χ2n) is 5.16. The van der Waals surface area contributed by atoms with Crippen LogP contribution in [-0.2, 0) is 6.42 Å². The topological polar surface area (TPSA) is 26.0 Å². The smallest absolute Gasteiger partial charge is 0.123 e. The fourth-order valence-corrected chi connectivity index (χ4v) is 2.92. The summed E-state index contributed by atoms with van der Waals surface area (Å²) in [6.07, 6.45) is 0.783. The van der Waals surface area contributed by atoms with Gasteiger partial charge in [0.25, 0.3) is 0 Å². The highest BCUT2D eigenvalue weighted by molar-refractivity contribution is 7.99. The van der Waals surface area contributed by atoms with Gasteiger partial charge in [0, 0.05) is 16.7 Å². The molecular weight excluding hydrogens is 269 g/mol. The number of rotatable bonds is 5. The highest BCUT2D eigenvalue weighted by Crippen LogP contribution is 2.20. The summed E-state index contributed by atoms with van der Waals surface area (Å²) in [6.45, 7) is 4.01. The normalized spacial score (nSPS) is 12.4. The number of hydrogen-bond acceptors (Lipinski definition) is 2. The number of nitrogens with two attached hydrogens (primary N) is 1. The fraction of sp³-hybridized carbons (Fsp3) is 0.294. The van der Waals surface area contributed by atoms with E-state index in [0.717, 1.165) is 23.3 Å². The monoisotopic (exact) mass is 289 g/mol. The molecule has 0 aliphatic carbocycles. The summed E-state index contributed by atoms with van der Waals surface area (Å²) < 4.78 is 13.1. The minimum absolute atomic E-state index is 0.0745. The molecule has 3 heteroatoms. The van der Waals surface area contributed by atoms with Crippen LogP contribution in [-0.4, -0.2) is 11.8 Å². The van der Waals surface area contributed by atoms with Crippen molar-refractivity contribution in [2.75, 3.05) is 5.75 Å². The van der Waals surface area contributed by atoms with Crippen LogP contribution < -0.4 is 5.73 Å². The lowest BCUT2D eigenvalue weighted by Gasteiger charge is -2.13. The van der Waals surface area contributed by atoms with E-state index in [1.807, 2.05) is 13.0 Å². The van der Waals surface area contributed by atoms with Gasteiger partial charge in [-0.2, -0.15) is 0 Å². The zero-order chi connectivity index (χ0) is 14.5. The quantitative estimate of drug-likeness (QED) is 0.838. The summed E-state index contributed by atoms with van der Waals surface area (Å²) in [4.78, 5) is 1.24. The van der Waals surface area contributed by atoms with Crippen molar-refractivity contribution in [2.45, 2.75) is 31.2 Å². The van der Waals surface area contributed by atoms with Crippen LogP contribution in [0.3, 0.4) is 0 Å². The van der Waals surface area contributed by atoms with E-state index in [4.69, 9.17) is 5.73 Å². The maximum Gasteiger partial charge on any atom is 0.123 e. The van der Waals surface area contributed by atoms with Gasteiger partial charge in [0.1, 0.15) is 5.82 Å². The van der Waals surface area contributed by atoms with Crippen molar-refractivity contribution in [3.8, 4) is 0 Å². The molecule has 0 saturated carbocycles. The van der Waals surface area contributed by atoms with E-state index in [2.05, 4.69) is 31.2 Å². The predicted octanol–water partition coefficient (Wildman–Crippen LogP) is 4.10. The highest BCUT2D eigenvalue weighted by atomic mass is 32.2. The molecule has 2 N–H and O–H groups in total. The SMILES string of the molecule is Cc1ccc(SCC(N)Cc2ccc(F)cc2C)cc1. The lowest BCUT2D eigenvalue weighted by atomic mass is 10.0. The molecule has 0 aliphatic rings. The molecule has 20 heavy (non-hydrogen) atoms. The standard InChI is InChI=1S/C17H20FNS/c1-12-3-7-17(8-4-12)20-11-16(19)10-14-5-6-15(18)9-13(14)2/h3-9,16H,10-11,19H2,1-2H3. The van der Waals surface area contributed by atoms with Crippen molar-refractivity contribution in [2.24, 2.45) is 5.73 Å². The fourth-order valence-electron chi connectivity index (χ4n) is 2.07. The predicted molar refractivity (Wildman–Crippen MR) is 84.7 cm³/mol. The van der Waals surface area contributed by atoms with Crippen LogP contribution in [0.1, 0.15) is 16.7 Å². The Morgan fingerprint density at radius 1 is 1.10 bits per heavy atom. The number of hydrogen-bond donors (Lipinski definition) is 1. The van der Waals surface area contributed by atoms with Crippen LogP contribution in [0.15, 0.2) is 47.4 Å². The number of halogens is 1. The lowest BCUT2D eigenvalue weighted by Crippen LogP contribution is -2.25. The van der Waals surface area contributed by atoms with Gasteiger partial charge in [-0.25, -0.2) is 4.39 Å². The summed E-state index contributed by atoms with van der Waals surface area (Å²) in [5.74, 6) is 0.675. The Bertz CT molecular complexity index is 566. The first-order chi connectivity index (χ1) is 9.54.